The first-order valence-corrected chi connectivity index (χ1v) is 12.4. The molecule has 5 rings (SSSR count). The van der Waals surface area contributed by atoms with Crippen molar-refractivity contribution >= 4 is 21.9 Å². The van der Waals surface area contributed by atoms with Crippen LogP contribution in [0, 0.1) is 28.6 Å². The molecule has 4 aliphatic carbocycles. The molecule has 0 saturated heterocycles. The number of hydrogen-bond acceptors (Lipinski definition) is 2. The van der Waals surface area contributed by atoms with E-state index in [9.17, 15) is 4.79 Å². The highest BCUT2D eigenvalue weighted by atomic mass is 79.9. The number of ether oxygens (including phenoxy) is 1. The molecule has 0 aliphatic heterocycles. The molecule has 0 bridgehead atoms. The molecule has 29 heavy (non-hydrogen) atoms. The van der Waals surface area contributed by atoms with Crippen LogP contribution in [0.1, 0.15) is 75.6 Å². The van der Waals surface area contributed by atoms with Crippen LogP contribution in [-0.2, 0) is 4.74 Å². The summed E-state index contributed by atoms with van der Waals surface area (Å²) in [6.45, 7) is 5.07. The second-order valence-electron chi connectivity index (χ2n) is 10.6. The standard InChI is InChI=1S/C26H33BrO2/c1-25-12-6-9-20(25)23-21(11-13-25)26(2)14-10-19(15-18(26)16-22(23)27)29-24(28)17-7-4-3-5-8-17/h3-5,7-8,16,19-23H,6,9-15H2,1-2H3/t19-,20?,21?,22?,23?,25-,26-/m0/s1. The summed E-state index contributed by atoms with van der Waals surface area (Å²) < 4.78 is 5.93. The summed E-state index contributed by atoms with van der Waals surface area (Å²) in [5, 5.41) is 0. The van der Waals surface area contributed by atoms with E-state index in [1.54, 1.807) is 5.57 Å². The molecule has 3 fully saturated rings. The lowest BCUT2D eigenvalue weighted by Gasteiger charge is -2.58. The molecule has 3 saturated carbocycles. The number of allylic oxidation sites excluding steroid dienone is 1. The van der Waals surface area contributed by atoms with Gasteiger partial charge in [-0.15, -0.1) is 0 Å². The maximum absolute atomic E-state index is 12.6. The minimum absolute atomic E-state index is 0.0126. The van der Waals surface area contributed by atoms with Crippen LogP contribution in [0.4, 0.5) is 0 Å². The number of halogens is 1. The van der Waals surface area contributed by atoms with E-state index in [1.807, 2.05) is 30.3 Å². The van der Waals surface area contributed by atoms with Crippen molar-refractivity contribution in [2.24, 2.45) is 28.6 Å². The molecule has 3 heteroatoms. The number of fused-ring (bicyclic) bond motifs is 5. The van der Waals surface area contributed by atoms with Crippen molar-refractivity contribution in [3.63, 3.8) is 0 Å². The van der Waals surface area contributed by atoms with Gasteiger partial charge in [-0.05, 0) is 79.2 Å². The molecule has 1 aromatic rings. The van der Waals surface area contributed by atoms with Gasteiger partial charge in [0.1, 0.15) is 6.10 Å². The van der Waals surface area contributed by atoms with Gasteiger partial charge in [0.15, 0.2) is 0 Å². The molecule has 0 heterocycles. The van der Waals surface area contributed by atoms with Gasteiger partial charge in [-0.25, -0.2) is 4.79 Å². The van der Waals surface area contributed by atoms with Gasteiger partial charge in [0.05, 0.1) is 5.56 Å². The van der Waals surface area contributed by atoms with E-state index in [0.717, 1.165) is 37.0 Å². The molecule has 4 unspecified atom stereocenters. The Hall–Kier alpha value is -1.09. The predicted molar refractivity (Wildman–Crippen MR) is 120 cm³/mol. The molecule has 4 aliphatic rings. The first-order valence-electron chi connectivity index (χ1n) is 11.5. The second-order valence-corrected chi connectivity index (χ2v) is 11.6. The van der Waals surface area contributed by atoms with Crippen LogP contribution in [0.3, 0.4) is 0 Å². The molecule has 156 valence electrons. The van der Waals surface area contributed by atoms with Crippen molar-refractivity contribution in [3.05, 3.63) is 47.5 Å². The van der Waals surface area contributed by atoms with Gasteiger partial charge >= 0.3 is 5.97 Å². The fourth-order valence-corrected chi connectivity index (χ4v) is 8.51. The lowest BCUT2D eigenvalue weighted by molar-refractivity contribution is -0.0378. The monoisotopic (exact) mass is 456 g/mol. The number of carbonyl (C=O) groups is 1. The van der Waals surface area contributed by atoms with E-state index in [1.165, 1.54) is 32.1 Å². The third-order valence-electron chi connectivity index (χ3n) is 9.11. The molecule has 0 N–H and O–H groups in total. The van der Waals surface area contributed by atoms with Gasteiger partial charge in [0.2, 0.25) is 0 Å². The number of alkyl halides is 1. The largest absolute Gasteiger partial charge is 0.458 e. The summed E-state index contributed by atoms with van der Waals surface area (Å²) in [6, 6.07) is 9.41. The minimum Gasteiger partial charge on any atom is -0.458 e. The van der Waals surface area contributed by atoms with Crippen LogP contribution >= 0.6 is 15.9 Å². The zero-order valence-corrected chi connectivity index (χ0v) is 19.3. The van der Waals surface area contributed by atoms with Crippen molar-refractivity contribution in [2.45, 2.75) is 76.1 Å². The number of carbonyl (C=O) groups excluding carboxylic acids is 1. The SMILES string of the molecule is C[C@@]12CCCC1C1C(Br)C=C3C[C@@H](OC(=O)c4ccccc4)CC[C@]3(C)C1CC2. The summed E-state index contributed by atoms with van der Waals surface area (Å²) in [7, 11) is 0. The van der Waals surface area contributed by atoms with E-state index in [2.05, 4.69) is 35.9 Å². The normalized spacial score (nSPS) is 43.6. The Morgan fingerprint density at radius 1 is 1.03 bits per heavy atom. The minimum atomic E-state index is -0.178. The fourth-order valence-electron chi connectivity index (χ4n) is 7.45. The Kier molecular flexibility index (Phi) is 4.96. The third-order valence-corrected chi connectivity index (χ3v) is 9.99. The molecular weight excluding hydrogens is 424 g/mol. The highest BCUT2D eigenvalue weighted by Crippen LogP contribution is 2.65. The lowest BCUT2D eigenvalue weighted by atomic mass is 9.48. The Morgan fingerprint density at radius 3 is 2.62 bits per heavy atom. The molecular formula is C26H33BrO2. The van der Waals surface area contributed by atoms with Crippen molar-refractivity contribution in [1.82, 2.24) is 0 Å². The second kappa shape index (κ2) is 7.25. The maximum Gasteiger partial charge on any atom is 0.338 e. The van der Waals surface area contributed by atoms with E-state index < -0.39 is 0 Å². The Labute approximate surface area is 183 Å². The first kappa shape index (κ1) is 19.8. The average molecular weight is 457 g/mol. The van der Waals surface area contributed by atoms with Gasteiger partial charge in [-0.1, -0.05) is 66.0 Å². The number of hydrogen-bond donors (Lipinski definition) is 0. The van der Waals surface area contributed by atoms with Gasteiger partial charge in [0.25, 0.3) is 0 Å². The van der Waals surface area contributed by atoms with Gasteiger partial charge in [-0.3, -0.25) is 0 Å². The molecule has 0 aromatic heterocycles. The molecule has 7 atom stereocenters. The molecule has 1 aromatic carbocycles. The summed E-state index contributed by atoms with van der Waals surface area (Å²) in [5.74, 6) is 2.24. The van der Waals surface area contributed by atoms with Crippen LogP contribution in [0.15, 0.2) is 42.0 Å². The first-order chi connectivity index (χ1) is 13.9. The van der Waals surface area contributed by atoms with E-state index in [0.29, 0.717) is 15.8 Å². The quantitative estimate of drug-likeness (QED) is 0.273. The molecule has 0 amide bonds. The Bertz CT molecular complexity index is 817. The summed E-state index contributed by atoms with van der Waals surface area (Å²) in [5.41, 5.74) is 3.05. The molecule has 0 spiro atoms. The fraction of sp³-hybridized carbons (Fsp3) is 0.654. The van der Waals surface area contributed by atoms with Crippen molar-refractivity contribution in [3.8, 4) is 0 Å². The van der Waals surface area contributed by atoms with Crippen LogP contribution in [0.5, 0.6) is 0 Å². The molecule has 2 nitrogen and oxygen atoms in total. The van der Waals surface area contributed by atoms with Crippen molar-refractivity contribution < 1.29 is 9.53 Å². The van der Waals surface area contributed by atoms with Crippen LogP contribution in [0.2, 0.25) is 0 Å². The van der Waals surface area contributed by atoms with E-state index >= 15 is 0 Å². The predicted octanol–water partition coefficient (Wildman–Crippen LogP) is 6.94. The van der Waals surface area contributed by atoms with Crippen molar-refractivity contribution in [2.75, 3.05) is 0 Å². The average Bonchev–Trinajstić information content (AvgIpc) is 3.11. The third kappa shape index (κ3) is 3.23. The topological polar surface area (TPSA) is 26.3 Å². The van der Waals surface area contributed by atoms with Gasteiger partial charge < -0.3 is 4.74 Å². The summed E-state index contributed by atoms with van der Waals surface area (Å²) in [6.07, 6.45) is 12.6. The van der Waals surface area contributed by atoms with Crippen molar-refractivity contribution in [1.29, 1.82) is 0 Å². The zero-order chi connectivity index (χ0) is 20.2. The lowest BCUT2D eigenvalue weighted by Crippen LogP contribution is -2.52. The molecule has 0 radical (unpaired) electrons. The van der Waals surface area contributed by atoms with Gasteiger partial charge in [-0.2, -0.15) is 0 Å². The maximum atomic E-state index is 12.6. The smallest absolute Gasteiger partial charge is 0.338 e. The van der Waals surface area contributed by atoms with Gasteiger partial charge in [0, 0.05) is 11.2 Å². The number of benzene rings is 1. The summed E-state index contributed by atoms with van der Waals surface area (Å²) >= 11 is 4.10. The van der Waals surface area contributed by atoms with E-state index in [-0.39, 0.29) is 17.5 Å². The van der Waals surface area contributed by atoms with Crippen LogP contribution < -0.4 is 0 Å². The Balaban J connectivity index is 1.36. The zero-order valence-electron chi connectivity index (χ0n) is 17.7. The highest BCUT2D eigenvalue weighted by Gasteiger charge is 2.58. The summed E-state index contributed by atoms with van der Waals surface area (Å²) in [4.78, 5) is 13.0. The number of rotatable bonds is 2. The Morgan fingerprint density at radius 2 is 1.83 bits per heavy atom. The van der Waals surface area contributed by atoms with Crippen LogP contribution in [0.25, 0.3) is 0 Å². The van der Waals surface area contributed by atoms with Crippen LogP contribution in [-0.4, -0.2) is 16.9 Å². The van der Waals surface area contributed by atoms with E-state index in [4.69, 9.17) is 4.74 Å². The number of esters is 1. The highest BCUT2D eigenvalue weighted by molar-refractivity contribution is 9.09.